The van der Waals surface area contributed by atoms with Crippen LogP contribution in [0.1, 0.15) is 15.9 Å². The quantitative estimate of drug-likeness (QED) is 0.261. The predicted octanol–water partition coefficient (Wildman–Crippen LogP) is 5.33. The SMILES string of the molecule is Nc1ccccc1NC(=O)c1ccc(OCCN(C=O)c2cc3c(C(F)(F)F)cccc3o2)cc1. The summed E-state index contributed by atoms with van der Waals surface area (Å²) in [7, 11) is 0. The topological polar surface area (TPSA) is 97.8 Å². The first-order valence-corrected chi connectivity index (χ1v) is 10.5. The number of ether oxygens (including phenoxy) is 1. The summed E-state index contributed by atoms with van der Waals surface area (Å²) in [5, 5.41) is 2.59. The van der Waals surface area contributed by atoms with Gasteiger partial charge in [0.25, 0.3) is 5.91 Å². The molecule has 35 heavy (non-hydrogen) atoms. The van der Waals surface area contributed by atoms with E-state index in [-0.39, 0.29) is 35.9 Å². The number of fused-ring (bicyclic) bond motifs is 1. The Bertz CT molecular complexity index is 1350. The first-order chi connectivity index (χ1) is 16.8. The van der Waals surface area contributed by atoms with Gasteiger partial charge in [-0.2, -0.15) is 13.2 Å². The molecule has 0 unspecified atom stereocenters. The largest absolute Gasteiger partial charge is 0.492 e. The number of halogens is 3. The third-order valence-corrected chi connectivity index (χ3v) is 5.19. The van der Waals surface area contributed by atoms with Crippen molar-refractivity contribution in [3.05, 3.63) is 83.9 Å². The molecule has 0 fully saturated rings. The van der Waals surface area contributed by atoms with Gasteiger partial charge in [-0.1, -0.05) is 18.2 Å². The number of hydrogen-bond acceptors (Lipinski definition) is 5. The van der Waals surface area contributed by atoms with Gasteiger partial charge < -0.3 is 20.2 Å². The summed E-state index contributed by atoms with van der Waals surface area (Å²) in [6, 6.07) is 18.0. The minimum absolute atomic E-state index is 0.0220. The van der Waals surface area contributed by atoms with E-state index in [1.54, 1.807) is 48.5 Å². The van der Waals surface area contributed by atoms with Crippen LogP contribution in [-0.4, -0.2) is 25.5 Å². The average molecular weight is 483 g/mol. The Morgan fingerprint density at radius 3 is 2.49 bits per heavy atom. The third-order valence-electron chi connectivity index (χ3n) is 5.19. The van der Waals surface area contributed by atoms with Gasteiger partial charge in [0, 0.05) is 17.0 Å². The summed E-state index contributed by atoms with van der Waals surface area (Å²) in [6.07, 6.45) is -4.09. The summed E-state index contributed by atoms with van der Waals surface area (Å²) in [4.78, 5) is 25.1. The Kier molecular flexibility index (Phi) is 6.63. The van der Waals surface area contributed by atoms with E-state index in [0.29, 0.717) is 29.1 Å². The molecule has 0 atom stereocenters. The number of nitrogens with one attached hydrogen (secondary N) is 1. The number of benzene rings is 3. The van der Waals surface area contributed by atoms with Crippen molar-refractivity contribution in [1.82, 2.24) is 0 Å². The second-order valence-electron chi connectivity index (χ2n) is 7.51. The molecule has 0 aliphatic carbocycles. The lowest BCUT2D eigenvalue weighted by molar-refractivity contribution is -0.136. The second kappa shape index (κ2) is 9.80. The number of hydrogen-bond donors (Lipinski definition) is 2. The van der Waals surface area contributed by atoms with Gasteiger partial charge >= 0.3 is 6.18 Å². The van der Waals surface area contributed by atoms with E-state index in [2.05, 4.69) is 5.32 Å². The maximum Gasteiger partial charge on any atom is 0.417 e. The molecule has 1 heterocycles. The van der Waals surface area contributed by atoms with Crippen LogP contribution in [0.2, 0.25) is 0 Å². The molecule has 0 spiro atoms. The predicted molar refractivity (Wildman–Crippen MR) is 125 cm³/mol. The number of rotatable bonds is 8. The number of furan rings is 1. The smallest absolute Gasteiger partial charge is 0.417 e. The van der Waals surface area contributed by atoms with E-state index in [9.17, 15) is 22.8 Å². The summed E-state index contributed by atoms with van der Waals surface area (Å²) >= 11 is 0. The minimum atomic E-state index is -4.55. The Morgan fingerprint density at radius 2 is 1.80 bits per heavy atom. The molecule has 180 valence electrons. The van der Waals surface area contributed by atoms with E-state index in [1.165, 1.54) is 18.2 Å². The van der Waals surface area contributed by atoms with Crippen LogP contribution < -0.4 is 20.7 Å². The molecule has 2 amide bonds. The number of para-hydroxylation sites is 2. The number of nitrogen functional groups attached to an aromatic ring is 1. The molecular formula is C25H20F3N3O4. The number of alkyl halides is 3. The molecule has 0 saturated carbocycles. The van der Waals surface area contributed by atoms with Crippen LogP contribution in [0.3, 0.4) is 0 Å². The fourth-order valence-corrected chi connectivity index (χ4v) is 3.42. The number of anilines is 3. The maximum absolute atomic E-state index is 13.2. The standard InChI is InChI=1S/C25H20F3N3O4/c26-25(27,28)19-4-3-7-22-18(19)14-23(35-22)31(15-32)12-13-34-17-10-8-16(9-11-17)24(33)30-21-6-2-1-5-20(21)29/h1-11,14-15H,12-13,29H2,(H,30,33). The number of carbonyl (C=O) groups excluding carboxylic acids is 2. The van der Waals surface area contributed by atoms with Crippen LogP contribution in [0.5, 0.6) is 5.75 Å². The summed E-state index contributed by atoms with van der Waals surface area (Å²) in [5.74, 6) is 0.0720. The highest BCUT2D eigenvalue weighted by atomic mass is 19.4. The highest BCUT2D eigenvalue weighted by molar-refractivity contribution is 6.05. The lowest BCUT2D eigenvalue weighted by Gasteiger charge is -2.14. The van der Waals surface area contributed by atoms with E-state index in [0.717, 1.165) is 11.0 Å². The molecule has 0 radical (unpaired) electrons. The zero-order chi connectivity index (χ0) is 25.0. The van der Waals surface area contributed by atoms with Crippen molar-refractivity contribution in [1.29, 1.82) is 0 Å². The molecule has 4 rings (SSSR count). The van der Waals surface area contributed by atoms with Crippen LogP contribution in [0.25, 0.3) is 11.0 Å². The Morgan fingerprint density at radius 1 is 1.06 bits per heavy atom. The number of carbonyl (C=O) groups is 2. The fourth-order valence-electron chi connectivity index (χ4n) is 3.42. The Balaban J connectivity index is 1.37. The molecule has 4 aromatic rings. The Labute approximate surface area is 197 Å². The van der Waals surface area contributed by atoms with E-state index < -0.39 is 11.7 Å². The van der Waals surface area contributed by atoms with Crippen LogP contribution in [0.4, 0.5) is 30.4 Å². The van der Waals surface area contributed by atoms with Gasteiger partial charge in [-0.05, 0) is 48.5 Å². The van der Waals surface area contributed by atoms with Gasteiger partial charge in [-0.3, -0.25) is 14.5 Å². The van der Waals surface area contributed by atoms with Gasteiger partial charge in [-0.15, -0.1) is 0 Å². The van der Waals surface area contributed by atoms with Gasteiger partial charge in [0.1, 0.15) is 17.9 Å². The molecule has 0 aliphatic heterocycles. The lowest BCUT2D eigenvalue weighted by atomic mass is 10.1. The molecule has 10 heteroatoms. The second-order valence-corrected chi connectivity index (χ2v) is 7.51. The molecule has 0 bridgehead atoms. The van der Waals surface area contributed by atoms with Crippen molar-refractivity contribution >= 4 is 40.5 Å². The van der Waals surface area contributed by atoms with Gasteiger partial charge in [0.2, 0.25) is 12.3 Å². The van der Waals surface area contributed by atoms with E-state index in [1.807, 2.05) is 0 Å². The van der Waals surface area contributed by atoms with Crippen molar-refractivity contribution in [3.63, 3.8) is 0 Å². The Hall–Kier alpha value is -4.47. The minimum Gasteiger partial charge on any atom is -0.492 e. The maximum atomic E-state index is 13.2. The molecule has 1 aromatic heterocycles. The van der Waals surface area contributed by atoms with Gasteiger partial charge in [0.15, 0.2) is 0 Å². The van der Waals surface area contributed by atoms with Crippen LogP contribution in [-0.2, 0) is 11.0 Å². The normalized spacial score (nSPS) is 11.3. The van der Waals surface area contributed by atoms with Crippen molar-refractivity contribution in [2.45, 2.75) is 6.18 Å². The zero-order valence-electron chi connectivity index (χ0n) is 18.2. The molecular weight excluding hydrogens is 463 g/mol. The molecule has 0 aliphatic rings. The number of nitrogens with zero attached hydrogens (tertiary/aromatic N) is 1. The summed E-state index contributed by atoms with van der Waals surface area (Å²) in [5.41, 5.74) is 6.34. The molecule has 3 aromatic carbocycles. The fraction of sp³-hybridized carbons (Fsp3) is 0.120. The van der Waals surface area contributed by atoms with Crippen LogP contribution in [0.15, 0.2) is 77.2 Å². The lowest BCUT2D eigenvalue weighted by Crippen LogP contribution is -2.26. The van der Waals surface area contributed by atoms with Crippen molar-refractivity contribution < 1.29 is 31.9 Å². The van der Waals surface area contributed by atoms with Crippen molar-refractivity contribution in [3.8, 4) is 5.75 Å². The average Bonchev–Trinajstić information content (AvgIpc) is 3.27. The number of amides is 2. The van der Waals surface area contributed by atoms with Crippen LogP contribution >= 0.6 is 0 Å². The first kappa shape index (κ1) is 23.7. The highest BCUT2D eigenvalue weighted by Gasteiger charge is 2.33. The highest BCUT2D eigenvalue weighted by Crippen LogP contribution is 2.37. The number of nitrogens with two attached hydrogens (primary N) is 1. The van der Waals surface area contributed by atoms with E-state index in [4.69, 9.17) is 14.9 Å². The molecule has 3 N–H and O–H groups in total. The first-order valence-electron chi connectivity index (χ1n) is 10.5. The van der Waals surface area contributed by atoms with Gasteiger partial charge in [0.05, 0.1) is 23.5 Å². The summed E-state index contributed by atoms with van der Waals surface area (Å²) in [6.45, 7) is 0.0637. The van der Waals surface area contributed by atoms with E-state index >= 15 is 0 Å². The van der Waals surface area contributed by atoms with Crippen LogP contribution in [0, 0.1) is 0 Å². The van der Waals surface area contributed by atoms with Crippen molar-refractivity contribution in [2.75, 3.05) is 29.1 Å². The molecule has 0 saturated heterocycles. The zero-order valence-corrected chi connectivity index (χ0v) is 18.2. The monoisotopic (exact) mass is 483 g/mol. The molecule has 7 nitrogen and oxygen atoms in total. The van der Waals surface area contributed by atoms with Gasteiger partial charge in [-0.25, -0.2) is 0 Å². The third kappa shape index (κ3) is 5.37. The van der Waals surface area contributed by atoms with Crippen molar-refractivity contribution in [2.24, 2.45) is 0 Å². The summed E-state index contributed by atoms with van der Waals surface area (Å²) < 4.78 is 50.7.